The van der Waals surface area contributed by atoms with Gasteiger partial charge >= 0.3 is 14.6 Å². The van der Waals surface area contributed by atoms with Crippen LogP contribution in [0.15, 0.2) is 24.3 Å². The van der Waals surface area contributed by atoms with Gasteiger partial charge in [-0.15, -0.1) is 0 Å². The van der Waals surface area contributed by atoms with Crippen molar-refractivity contribution in [2.45, 2.75) is 49.8 Å². The largest absolute Gasteiger partial charge is 0.490 e. The monoisotopic (exact) mass is 901 g/mol. The molecule has 2 saturated heterocycles. The molecular weight excluding hydrogens is 871 g/mol. The van der Waals surface area contributed by atoms with Crippen LogP contribution in [0.4, 0.5) is 0 Å². The summed E-state index contributed by atoms with van der Waals surface area (Å²) in [7, 11) is 12.9. The Morgan fingerprint density at radius 2 is 1.54 bits per heavy atom. The zero-order valence-electron chi connectivity index (χ0n) is 21.8. The average molecular weight is 901 g/mol. The van der Waals surface area contributed by atoms with Crippen molar-refractivity contribution in [2.75, 3.05) is 34.0 Å². The van der Waals surface area contributed by atoms with E-state index in [2.05, 4.69) is 5.32 Å². The van der Waals surface area contributed by atoms with Gasteiger partial charge in [0.25, 0.3) is 5.91 Å². The molecule has 0 aliphatic carbocycles. The van der Waals surface area contributed by atoms with Gasteiger partial charge in [0.15, 0.2) is 13.2 Å². The number of esters is 1. The fourth-order valence-electron chi connectivity index (χ4n) is 3.49. The van der Waals surface area contributed by atoms with Gasteiger partial charge in [0, 0.05) is 62.4 Å². The molecule has 1 N–H and O–H groups in total. The second kappa shape index (κ2) is 18.8. The number of rotatable bonds is 14. The molecule has 3 unspecified atom stereocenters. The molecule has 0 spiro atoms. The van der Waals surface area contributed by atoms with E-state index in [4.69, 9.17) is 52.9 Å². The van der Waals surface area contributed by atoms with Gasteiger partial charge in [-0.1, -0.05) is 18.9 Å². The van der Waals surface area contributed by atoms with Crippen molar-refractivity contribution in [1.82, 2.24) is 5.32 Å². The number of carbonyl (C=O) groups is 2. The minimum Gasteiger partial charge on any atom is -0.490 e. The van der Waals surface area contributed by atoms with Gasteiger partial charge in [0.05, 0.1) is 34.5 Å². The molecule has 0 saturated carbocycles. The molecule has 2 aliphatic heterocycles. The first-order valence-corrected chi connectivity index (χ1v) is 12.8. The molecule has 2 fully saturated rings. The molecule has 1 aromatic rings. The van der Waals surface area contributed by atoms with E-state index < -0.39 is 38.8 Å². The summed E-state index contributed by atoms with van der Waals surface area (Å²) in [5.41, 5.74) is 0. The summed E-state index contributed by atoms with van der Waals surface area (Å²) < 4.78 is 44.4. The third-order valence-corrected chi connectivity index (χ3v) is 6.43. The van der Waals surface area contributed by atoms with Crippen LogP contribution in [0.25, 0.3) is 0 Å². The van der Waals surface area contributed by atoms with Crippen LogP contribution in [0.2, 0.25) is 0 Å². The number of hydrogen-bond acceptors (Lipinski definition) is 10. The first-order valence-electron chi connectivity index (χ1n) is 11.7. The fourth-order valence-corrected chi connectivity index (χ4v) is 4.42. The smallest absolute Gasteiger partial charge is 0.341 e. The Bertz CT molecular complexity index is 878. The molecule has 1 aromatic carbocycles. The minimum absolute atomic E-state index is 0. The fraction of sp³-hybridized carbons (Fsp3) is 0.565. The van der Waals surface area contributed by atoms with Gasteiger partial charge in [-0.25, -0.2) is 4.79 Å². The van der Waals surface area contributed by atoms with Crippen LogP contribution < -0.4 is 14.8 Å². The molecule has 11 nitrogen and oxygen atoms in total. The number of benzene rings is 1. The van der Waals surface area contributed by atoms with E-state index in [-0.39, 0.29) is 80.1 Å². The van der Waals surface area contributed by atoms with Crippen molar-refractivity contribution in [3.63, 3.8) is 0 Å². The summed E-state index contributed by atoms with van der Waals surface area (Å²) in [6.45, 7) is 1.54. The molecule has 39 heavy (non-hydrogen) atoms. The van der Waals surface area contributed by atoms with Crippen molar-refractivity contribution in [2.24, 2.45) is 0 Å². The predicted octanol–water partition coefficient (Wildman–Crippen LogP) is 0.977. The van der Waals surface area contributed by atoms with E-state index in [9.17, 15) is 9.59 Å². The number of likely N-dealkylation sites (N-methyl/N-ethyl adjacent to an activating group) is 1. The standard InChI is InChI=1S/C23H30B2NO10P.2W/c1-4-16-18(10-21(25)33-16)36-37(29-3)32-11-19-17(9-20(24)34-19)35-23(28)13-31-15-7-5-14(6-8-15)30-12-22(27)26-2;;/h5-10,16-21H,4,11-13H2,1-3H3,(H,26,27);;/q-2;;/t16-,17?,18?,19-,20-,21-,37?;;/m1../s1. The Labute approximate surface area is 261 Å². The molecule has 2 aliphatic rings. The van der Waals surface area contributed by atoms with Gasteiger partial charge in [-0.3, -0.25) is 17.6 Å². The van der Waals surface area contributed by atoms with Crippen LogP contribution in [0.5, 0.6) is 11.5 Å². The summed E-state index contributed by atoms with van der Waals surface area (Å²) >= 11 is 0. The van der Waals surface area contributed by atoms with E-state index in [0.29, 0.717) is 17.9 Å². The normalized spacial score (nSPS) is 26.5. The van der Waals surface area contributed by atoms with Crippen molar-refractivity contribution in [3.8, 4) is 11.5 Å². The van der Waals surface area contributed by atoms with E-state index in [1.54, 1.807) is 37.1 Å². The maximum absolute atomic E-state index is 12.4. The summed E-state index contributed by atoms with van der Waals surface area (Å²) in [4.78, 5) is 23.6. The molecule has 7 atom stereocenters. The Morgan fingerprint density at radius 1 is 0.974 bits per heavy atom. The molecule has 212 valence electrons. The SMILES string of the molecule is [B][C@H]1[CH-]C(OC(=O)COc2ccc(OCC(=O)NC)cc2)[C@@H](COP(OC)OC2[CH-][C@H]([B])O[C@@H]2CC)O1.[W].[W]. The minimum atomic E-state index is -1.74. The number of ether oxygens (including phenoxy) is 5. The topological polar surface area (TPSA) is 120 Å². The van der Waals surface area contributed by atoms with Gasteiger partial charge in [-0.05, 0) is 36.8 Å². The van der Waals surface area contributed by atoms with E-state index in [0.717, 1.165) is 0 Å². The van der Waals surface area contributed by atoms with Crippen molar-refractivity contribution < 1.29 is 89.0 Å². The Balaban J connectivity index is 0.00000380. The average Bonchev–Trinajstić information content (AvgIpc) is 3.44. The second-order valence-electron chi connectivity index (χ2n) is 8.02. The molecule has 2 heterocycles. The number of carbonyl (C=O) groups excluding carboxylic acids is 2. The number of nitrogens with one attached hydrogen (secondary N) is 1. The molecule has 4 radical (unpaired) electrons. The summed E-state index contributed by atoms with van der Waals surface area (Å²) in [5.74, 6) is 0.0431. The summed E-state index contributed by atoms with van der Waals surface area (Å²) in [6, 6.07) is 5.22. The molecule has 1 amide bonds. The molecule has 3 rings (SSSR count). The zero-order valence-corrected chi connectivity index (χ0v) is 28.5. The first-order chi connectivity index (χ1) is 17.8. The summed E-state index contributed by atoms with van der Waals surface area (Å²) in [5, 5.41) is 2.46. The maximum Gasteiger partial charge on any atom is 0.341 e. The second-order valence-corrected chi connectivity index (χ2v) is 9.30. The van der Waals surface area contributed by atoms with Crippen molar-refractivity contribution >= 4 is 36.2 Å². The van der Waals surface area contributed by atoms with Gasteiger partial charge < -0.3 is 42.6 Å². The van der Waals surface area contributed by atoms with Gasteiger partial charge in [0.1, 0.15) is 11.5 Å². The van der Waals surface area contributed by atoms with Crippen LogP contribution in [-0.2, 0) is 79.5 Å². The molecule has 0 bridgehead atoms. The number of amides is 1. The zero-order chi connectivity index (χ0) is 26.8. The van der Waals surface area contributed by atoms with Crippen LogP contribution in [-0.4, -0.2) is 98.0 Å². The molecule has 0 aromatic heterocycles. The van der Waals surface area contributed by atoms with Gasteiger partial charge in [0.2, 0.25) is 0 Å². The van der Waals surface area contributed by atoms with Crippen LogP contribution in [0.3, 0.4) is 0 Å². The van der Waals surface area contributed by atoms with E-state index >= 15 is 0 Å². The van der Waals surface area contributed by atoms with Crippen LogP contribution in [0, 0.1) is 12.8 Å². The van der Waals surface area contributed by atoms with Gasteiger partial charge in [-0.2, -0.15) is 0 Å². The van der Waals surface area contributed by atoms with Crippen LogP contribution >= 0.6 is 8.60 Å². The maximum atomic E-state index is 12.4. The first kappa shape index (κ1) is 36.5. The quantitative estimate of drug-likeness (QED) is 0.125. The van der Waals surface area contributed by atoms with Crippen molar-refractivity contribution in [1.29, 1.82) is 0 Å². The van der Waals surface area contributed by atoms with Crippen molar-refractivity contribution in [3.05, 3.63) is 37.1 Å². The number of hydrogen-bond donors (Lipinski definition) is 1. The Hall–Kier alpha value is -0.504. The van der Waals surface area contributed by atoms with E-state index in [1.807, 2.05) is 6.92 Å². The van der Waals surface area contributed by atoms with Crippen LogP contribution in [0.1, 0.15) is 13.3 Å². The molecule has 16 heteroatoms. The third kappa shape index (κ3) is 12.1. The molecular formula is C23H30B2NO10PW2-2. The Morgan fingerprint density at radius 3 is 2.10 bits per heavy atom. The van der Waals surface area contributed by atoms with E-state index in [1.165, 1.54) is 14.2 Å². The predicted molar refractivity (Wildman–Crippen MR) is 134 cm³/mol. The Kier molecular flexibility index (Phi) is 17.6. The summed E-state index contributed by atoms with van der Waals surface area (Å²) in [6.07, 6.45) is 2.05. The third-order valence-electron chi connectivity index (χ3n) is 5.36.